The summed E-state index contributed by atoms with van der Waals surface area (Å²) in [6.07, 6.45) is -1.10. The highest BCUT2D eigenvalue weighted by atomic mass is 32.1. The summed E-state index contributed by atoms with van der Waals surface area (Å²) in [6.45, 7) is 0.848. The van der Waals surface area contributed by atoms with Crippen molar-refractivity contribution in [3.63, 3.8) is 0 Å². The normalized spacial score (nSPS) is 10.0. The Morgan fingerprint density at radius 1 is 1.31 bits per heavy atom. The molecule has 0 saturated heterocycles. The van der Waals surface area contributed by atoms with Gasteiger partial charge in [0.2, 0.25) is 0 Å². The van der Waals surface area contributed by atoms with Crippen LogP contribution in [0.4, 0.5) is 20.6 Å². The number of nitro groups is 1. The monoisotopic (exact) mass is 379 g/mol. The van der Waals surface area contributed by atoms with E-state index in [1.54, 1.807) is 12.1 Å². The molecule has 0 bridgehead atoms. The van der Waals surface area contributed by atoms with Crippen LogP contribution in [0.1, 0.15) is 16.1 Å². The number of carbonyl (C=O) groups is 3. The van der Waals surface area contributed by atoms with Gasteiger partial charge in [-0.05, 0) is 30.4 Å². The third kappa shape index (κ3) is 4.73. The number of primary amides is 1. The zero-order valence-corrected chi connectivity index (χ0v) is 14.2. The lowest BCUT2D eigenvalue weighted by molar-refractivity contribution is -0.380. The molecule has 2 rings (SSSR count). The first-order valence-electron chi connectivity index (χ1n) is 7.02. The standard InChI is InChI=1S/C14H13N5O6S/c1-7-12(19(23)24)26-14(16-7)18-11(21)8-4-2-3-5-9(8)17-10(20)6-25-13(15)22/h2-5H,6H2,1H3,(H2,15,22)(H,17,20)(H,16,18,21). The average molecular weight is 379 g/mol. The number of nitrogens with two attached hydrogens (primary N) is 1. The van der Waals surface area contributed by atoms with Crippen molar-refractivity contribution < 1.29 is 24.0 Å². The van der Waals surface area contributed by atoms with Gasteiger partial charge < -0.3 is 15.8 Å². The summed E-state index contributed by atoms with van der Waals surface area (Å²) in [5.41, 5.74) is 5.21. The van der Waals surface area contributed by atoms with Crippen molar-refractivity contribution in [1.29, 1.82) is 0 Å². The Bertz CT molecular complexity index is 880. The van der Waals surface area contributed by atoms with Crippen molar-refractivity contribution in [3.05, 3.63) is 45.6 Å². The molecule has 1 aromatic heterocycles. The Morgan fingerprint density at radius 2 is 2.00 bits per heavy atom. The van der Waals surface area contributed by atoms with Gasteiger partial charge in [0.25, 0.3) is 11.8 Å². The van der Waals surface area contributed by atoms with E-state index in [0.717, 1.165) is 11.3 Å². The number of aromatic nitrogens is 1. The van der Waals surface area contributed by atoms with E-state index in [9.17, 15) is 24.5 Å². The summed E-state index contributed by atoms with van der Waals surface area (Å²) >= 11 is 0.721. The molecule has 0 fully saturated rings. The van der Waals surface area contributed by atoms with Gasteiger partial charge in [-0.25, -0.2) is 9.78 Å². The summed E-state index contributed by atoms with van der Waals surface area (Å²) in [4.78, 5) is 48.8. The van der Waals surface area contributed by atoms with Crippen LogP contribution >= 0.6 is 11.3 Å². The van der Waals surface area contributed by atoms with Gasteiger partial charge in [0.05, 0.1) is 16.2 Å². The smallest absolute Gasteiger partial charge is 0.405 e. The Balaban J connectivity index is 2.14. The van der Waals surface area contributed by atoms with Crippen molar-refractivity contribution >= 4 is 45.1 Å². The SMILES string of the molecule is Cc1nc(NC(=O)c2ccccc2NC(=O)COC(N)=O)sc1[N+](=O)[O-]. The molecule has 12 heteroatoms. The molecule has 0 radical (unpaired) electrons. The zero-order chi connectivity index (χ0) is 19.3. The molecule has 1 heterocycles. The molecule has 0 atom stereocenters. The lowest BCUT2D eigenvalue weighted by atomic mass is 10.1. The number of para-hydroxylation sites is 1. The van der Waals surface area contributed by atoms with Gasteiger partial charge in [-0.2, -0.15) is 0 Å². The third-order valence-electron chi connectivity index (χ3n) is 2.95. The molecule has 1 aromatic carbocycles. The molecule has 3 amide bonds. The van der Waals surface area contributed by atoms with Gasteiger partial charge in [-0.3, -0.25) is 25.0 Å². The van der Waals surface area contributed by atoms with Gasteiger partial charge in [0.15, 0.2) is 11.7 Å². The molecule has 0 unspecified atom stereocenters. The molecule has 0 saturated carbocycles. The summed E-state index contributed by atoms with van der Waals surface area (Å²) in [6, 6.07) is 6.06. The highest BCUT2D eigenvalue weighted by Gasteiger charge is 2.20. The number of aryl methyl sites for hydroxylation is 1. The minimum Gasteiger partial charge on any atom is -0.440 e. The number of nitrogens with one attached hydrogen (secondary N) is 2. The number of ether oxygens (including phenoxy) is 1. The van der Waals surface area contributed by atoms with Crippen molar-refractivity contribution in [2.75, 3.05) is 17.2 Å². The van der Waals surface area contributed by atoms with Crippen LogP contribution in [-0.4, -0.2) is 34.4 Å². The number of amides is 3. The lowest BCUT2D eigenvalue weighted by Crippen LogP contribution is -2.25. The van der Waals surface area contributed by atoms with Gasteiger partial charge in [-0.15, -0.1) is 0 Å². The van der Waals surface area contributed by atoms with E-state index in [-0.39, 0.29) is 27.1 Å². The van der Waals surface area contributed by atoms with Crippen LogP contribution in [0.15, 0.2) is 24.3 Å². The maximum atomic E-state index is 12.4. The first kappa shape index (κ1) is 18.8. The van der Waals surface area contributed by atoms with E-state index < -0.39 is 29.4 Å². The van der Waals surface area contributed by atoms with Gasteiger partial charge in [-0.1, -0.05) is 12.1 Å². The summed E-state index contributed by atoms with van der Waals surface area (Å²) in [5.74, 6) is -1.31. The highest BCUT2D eigenvalue weighted by molar-refractivity contribution is 7.19. The number of carbonyl (C=O) groups excluding carboxylic acids is 3. The van der Waals surface area contributed by atoms with Crippen LogP contribution in [0.2, 0.25) is 0 Å². The predicted molar refractivity (Wildman–Crippen MR) is 92.1 cm³/mol. The van der Waals surface area contributed by atoms with Crippen molar-refractivity contribution in [2.45, 2.75) is 6.92 Å². The Labute approximate surface area is 150 Å². The van der Waals surface area contributed by atoms with Gasteiger partial charge in [0.1, 0.15) is 5.69 Å². The lowest BCUT2D eigenvalue weighted by Gasteiger charge is -2.10. The highest BCUT2D eigenvalue weighted by Crippen LogP contribution is 2.30. The van der Waals surface area contributed by atoms with Gasteiger partial charge >= 0.3 is 11.1 Å². The average Bonchev–Trinajstić information content (AvgIpc) is 2.94. The molecule has 4 N–H and O–H groups in total. The Kier molecular flexibility index (Phi) is 5.80. The first-order valence-corrected chi connectivity index (χ1v) is 7.84. The van der Waals surface area contributed by atoms with Crippen LogP contribution in [0.25, 0.3) is 0 Å². The van der Waals surface area contributed by atoms with Crippen LogP contribution in [-0.2, 0) is 9.53 Å². The number of hydrogen-bond acceptors (Lipinski definition) is 8. The molecule has 2 aromatic rings. The molecular weight excluding hydrogens is 366 g/mol. The fraction of sp³-hybridized carbons (Fsp3) is 0.143. The molecule has 26 heavy (non-hydrogen) atoms. The van der Waals surface area contributed by atoms with E-state index in [1.165, 1.54) is 19.1 Å². The number of rotatable bonds is 6. The molecule has 11 nitrogen and oxygen atoms in total. The van der Waals surface area contributed by atoms with E-state index in [4.69, 9.17) is 5.73 Å². The van der Waals surface area contributed by atoms with Crippen LogP contribution < -0.4 is 16.4 Å². The summed E-state index contributed by atoms with van der Waals surface area (Å²) < 4.78 is 4.36. The fourth-order valence-electron chi connectivity index (χ4n) is 1.89. The topological polar surface area (TPSA) is 167 Å². The summed E-state index contributed by atoms with van der Waals surface area (Å²) in [5, 5.41) is 15.6. The molecule has 0 aliphatic carbocycles. The number of thiazole rings is 1. The van der Waals surface area contributed by atoms with E-state index in [1.807, 2.05) is 0 Å². The first-order chi connectivity index (χ1) is 12.3. The Morgan fingerprint density at radius 3 is 2.62 bits per heavy atom. The van der Waals surface area contributed by atoms with Crippen molar-refractivity contribution in [2.24, 2.45) is 5.73 Å². The zero-order valence-electron chi connectivity index (χ0n) is 13.3. The maximum absolute atomic E-state index is 12.4. The predicted octanol–water partition coefficient (Wildman–Crippen LogP) is 1.65. The minimum absolute atomic E-state index is 0.0531. The second kappa shape index (κ2) is 8.02. The van der Waals surface area contributed by atoms with Crippen LogP contribution in [0.5, 0.6) is 0 Å². The van der Waals surface area contributed by atoms with Gasteiger partial charge in [0, 0.05) is 0 Å². The number of hydrogen-bond donors (Lipinski definition) is 3. The molecule has 0 spiro atoms. The van der Waals surface area contributed by atoms with Crippen molar-refractivity contribution in [1.82, 2.24) is 4.98 Å². The number of benzene rings is 1. The fourth-order valence-corrected chi connectivity index (χ4v) is 2.67. The second-order valence-corrected chi connectivity index (χ2v) is 5.80. The maximum Gasteiger partial charge on any atom is 0.405 e. The molecule has 0 aliphatic rings. The van der Waals surface area contributed by atoms with E-state index >= 15 is 0 Å². The molecule has 136 valence electrons. The number of anilines is 2. The second-order valence-electron chi connectivity index (χ2n) is 4.82. The van der Waals surface area contributed by atoms with Crippen LogP contribution in [0.3, 0.4) is 0 Å². The summed E-state index contributed by atoms with van der Waals surface area (Å²) in [7, 11) is 0. The number of nitrogens with zero attached hydrogens (tertiary/aromatic N) is 2. The van der Waals surface area contributed by atoms with Crippen LogP contribution in [0, 0.1) is 17.0 Å². The Hall–Kier alpha value is -3.54. The molecule has 0 aliphatic heterocycles. The largest absolute Gasteiger partial charge is 0.440 e. The van der Waals surface area contributed by atoms with E-state index in [2.05, 4.69) is 20.4 Å². The quantitative estimate of drug-likeness (QED) is 0.506. The molecular formula is C14H13N5O6S. The third-order valence-corrected chi connectivity index (χ3v) is 3.97. The van der Waals surface area contributed by atoms with Crippen molar-refractivity contribution in [3.8, 4) is 0 Å². The van der Waals surface area contributed by atoms with E-state index in [0.29, 0.717) is 0 Å². The minimum atomic E-state index is -1.10.